The number of aromatic nitrogens is 2. The van der Waals surface area contributed by atoms with Crippen LogP contribution in [0, 0.1) is 12.7 Å². The number of anilines is 1. The monoisotopic (exact) mass is 269 g/mol. The van der Waals surface area contributed by atoms with E-state index in [0.717, 1.165) is 15.7 Å². The maximum Gasteiger partial charge on any atom is 0.141 e. The number of nitrogens with zero attached hydrogens (tertiary/aromatic N) is 2. The molecular weight excluding hydrogens is 261 g/mol. The molecule has 2 aromatic rings. The second-order valence-electron chi connectivity index (χ2n) is 3.22. The number of nitrogen functional groups attached to an aromatic ring is 1. The normalized spacial score (nSPS) is 10.6. The highest BCUT2D eigenvalue weighted by Gasteiger charge is 2.09. The summed E-state index contributed by atoms with van der Waals surface area (Å²) in [5.41, 5.74) is 7.37. The Balaban J connectivity index is 2.59. The lowest BCUT2D eigenvalue weighted by molar-refractivity contribution is 0.625. The van der Waals surface area contributed by atoms with Crippen molar-refractivity contribution < 1.29 is 4.39 Å². The Morgan fingerprint density at radius 3 is 2.73 bits per heavy atom. The molecule has 0 saturated heterocycles. The Labute approximate surface area is 94.8 Å². The summed E-state index contributed by atoms with van der Waals surface area (Å²) >= 11 is 3.27. The molecule has 3 nitrogen and oxygen atoms in total. The number of hydrogen-bond acceptors (Lipinski definition) is 2. The van der Waals surface area contributed by atoms with E-state index in [2.05, 4.69) is 21.0 Å². The average molecular weight is 270 g/mol. The molecule has 78 valence electrons. The molecule has 0 aliphatic heterocycles. The van der Waals surface area contributed by atoms with Crippen molar-refractivity contribution in [2.24, 2.45) is 0 Å². The van der Waals surface area contributed by atoms with Crippen molar-refractivity contribution in [2.45, 2.75) is 6.92 Å². The Morgan fingerprint density at radius 1 is 1.47 bits per heavy atom. The fraction of sp³-hybridized carbons (Fsp3) is 0.100. The van der Waals surface area contributed by atoms with Gasteiger partial charge >= 0.3 is 0 Å². The third-order valence-corrected chi connectivity index (χ3v) is 2.76. The zero-order valence-corrected chi connectivity index (χ0v) is 9.62. The van der Waals surface area contributed by atoms with Crippen LogP contribution in [0.25, 0.3) is 5.69 Å². The topological polar surface area (TPSA) is 43.8 Å². The van der Waals surface area contributed by atoms with Gasteiger partial charge in [-0.25, -0.2) is 9.07 Å². The van der Waals surface area contributed by atoms with Gasteiger partial charge in [-0.05, 0) is 46.6 Å². The lowest BCUT2D eigenvalue weighted by Crippen LogP contribution is -2.03. The molecular formula is C10H9BrFN3. The highest BCUT2D eigenvalue weighted by molar-refractivity contribution is 9.10. The maximum atomic E-state index is 12.9. The first-order valence-electron chi connectivity index (χ1n) is 4.35. The van der Waals surface area contributed by atoms with Gasteiger partial charge in [-0.1, -0.05) is 0 Å². The summed E-state index contributed by atoms with van der Waals surface area (Å²) in [6.07, 6.45) is 1.61. The van der Waals surface area contributed by atoms with E-state index in [1.807, 2.05) is 6.92 Å². The number of hydrogen-bond donors (Lipinski definition) is 1. The Bertz CT molecular complexity index is 507. The summed E-state index contributed by atoms with van der Waals surface area (Å²) in [4.78, 5) is 0. The van der Waals surface area contributed by atoms with Gasteiger partial charge in [-0.3, -0.25) is 0 Å². The van der Waals surface area contributed by atoms with Crippen molar-refractivity contribution in [1.29, 1.82) is 0 Å². The Kier molecular flexibility index (Phi) is 2.48. The summed E-state index contributed by atoms with van der Waals surface area (Å²) in [6.45, 7) is 1.81. The Morgan fingerprint density at radius 2 is 2.20 bits per heavy atom. The molecule has 5 heteroatoms. The summed E-state index contributed by atoms with van der Waals surface area (Å²) in [7, 11) is 0. The fourth-order valence-corrected chi connectivity index (χ4v) is 1.65. The van der Waals surface area contributed by atoms with Gasteiger partial charge in [0.1, 0.15) is 11.6 Å². The first-order valence-corrected chi connectivity index (χ1v) is 5.14. The van der Waals surface area contributed by atoms with E-state index in [1.54, 1.807) is 16.9 Å². The van der Waals surface area contributed by atoms with E-state index in [1.165, 1.54) is 12.1 Å². The van der Waals surface area contributed by atoms with Gasteiger partial charge in [0.05, 0.1) is 16.4 Å². The van der Waals surface area contributed by atoms with Crippen molar-refractivity contribution in [1.82, 2.24) is 9.78 Å². The van der Waals surface area contributed by atoms with E-state index in [9.17, 15) is 4.39 Å². The molecule has 0 unspecified atom stereocenters. The van der Waals surface area contributed by atoms with Crippen molar-refractivity contribution in [2.75, 3.05) is 5.73 Å². The van der Waals surface area contributed by atoms with Gasteiger partial charge in [-0.2, -0.15) is 5.10 Å². The van der Waals surface area contributed by atoms with Crippen LogP contribution in [0.5, 0.6) is 0 Å². The third-order valence-electron chi connectivity index (χ3n) is 2.15. The molecule has 2 N–H and O–H groups in total. The van der Waals surface area contributed by atoms with Gasteiger partial charge in [0, 0.05) is 0 Å². The molecule has 0 aliphatic carbocycles. The van der Waals surface area contributed by atoms with Crippen molar-refractivity contribution >= 4 is 21.7 Å². The summed E-state index contributed by atoms with van der Waals surface area (Å²) in [5, 5.41) is 4.10. The quantitative estimate of drug-likeness (QED) is 0.865. The smallest absolute Gasteiger partial charge is 0.141 e. The van der Waals surface area contributed by atoms with Gasteiger partial charge in [0.15, 0.2) is 0 Å². The summed E-state index contributed by atoms with van der Waals surface area (Å²) in [5.74, 6) is 0.241. The fourth-order valence-electron chi connectivity index (χ4n) is 1.39. The molecule has 0 radical (unpaired) electrons. The second kappa shape index (κ2) is 3.66. The largest absolute Gasteiger partial charge is 0.383 e. The molecule has 0 fully saturated rings. The number of aryl methyl sites for hydroxylation is 1. The van der Waals surface area contributed by atoms with Crippen LogP contribution < -0.4 is 5.73 Å². The van der Waals surface area contributed by atoms with Crippen molar-refractivity contribution in [3.63, 3.8) is 0 Å². The maximum absolute atomic E-state index is 12.9. The SMILES string of the molecule is Cc1cc(F)ccc1-n1ncc(Br)c1N. The molecule has 0 bridgehead atoms. The van der Waals surface area contributed by atoms with Crippen LogP contribution in [-0.4, -0.2) is 9.78 Å². The van der Waals surface area contributed by atoms with Crippen LogP contribution in [0.2, 0.25) is 0 Å². The van der Waals surface area contributed by atoms with E-state index in [-0.39, 0.29) is 5.82 Å². The summed E-state index contributed by atoms with van der Waals surface area (Å²) in [6, 6.07) is 4.49. The van der Waals surface area contributed by atoms with Gasteiger partial charge in [-0.15, -0.1) is 0 Å². The van der Waals surface area contributed by atoms with Crippen molar-refractivity contribution in [3.05, 3.63) is 40.2 Å². The molecule has 0 atom stereocenters. The van der Waals surface area contributed by atoms with Crippen LogP contribution in [0.1, 0.15) is 5.56 Å². The molecule has 1 aromatic heterocycles. The highest BCUT2D eigenvalue weighted by Crippen LogP contribution is 2.23. The van der Waals surface area contributed by atoms with E-state index < -0.39 is 0 Å². The molecule has 15 heavy (non-hydrogen) atoms. The number of benzene rings is 1. The van der Waals surface area contributed by atoms with Gasteiger partial charge < -0.3 is 5.73 Å². The minimum Gasteiger partial charge on any atom is -0.383 e. The van der Waals surface area contributed by atoms with Crippen LogP contribution in [0.3, 0.4) is 0 Å². The minimum absolute atomic E-state index is 0.263. The average Bonchev–Trinajstić information content (AvgIpc) is 2.49. The van der Waals surface area contributed by atoms with Crippen LogP contribution >= 0.6 is 15.9 Å². The highest BCUT2D eigenvalue weighted by atomic mass is 79.9. The van der Waals surface area contributed by atoms with Crippen LogP contribution in [0.4, 0.5) is 10.2 Å². The first kappa shape index (κ1) is 10.2. The standard InChI is InChI=1S/C10H9BrFN3/c1-6-4-7(12)2-3-9(6)15-10(13)8(11)5-14-15/h2-5H,13H2,1H3. The number of nitrogens with two attached hydrogens (primary N) is 1. The van der Waals surface area contributed by atoms with E-state index in [4.69, 9.17) is 5.73 Å². The zero-order valence-electron chi connectivity index (χ0n) is 8.04. The minimum atomic E-state index is -0.263. The Hall–Kier alpha value is -1.36. The van der Waals surface area contributed by atoms with Gasteiger partial charge in [0.2, 0.25) is 0 Å². The first-order chi connectivity index (χ1) is 7.09. The zero-order chi connectivity index (χ0) is 11.0. The van der Waals surface area contributed by atoms with Crippen LogP contribution in [0.15, 0.2) is 28.9 Å². The predicted molar refractivity (Wildman–Crippen MR) is 60.4 cm³/mol. The second-order valence-corrected chi connectivity index (χ2v) is 4.07. The lowest BCUT2D eigenvalue weighted by atomic mass is 10.2. The molecule has 0 aliphatic rings. The molecule has 0 spiro atoms. The van der Waals surface area contributed by atoms with Crippen molar-refractivity contribution in [3.8, 4) is 5.69 Å². The molecule has 1 heterocycles. The van der Waals surface area contributed by atoms with E-state index in [0.29, 0.717) is 5.82 Å². The molecule has 1 aromatic carbocycles. The molecule has 2 rings (SSSR count). The van der Waals surface area contributed by atoms with Crippen LogP contribution in [-0.2, 0) is 0 Å². The predicted octanol–water partition coefficient (Wildman–Crippen LogP) is 2.66. The molecule has 0 amide bonds. The summed E-state index contributed by atoms with van der Waals surface area (Å²) < 4.78 is 15.2. The van der Waals surface area contributed by atoms with E-state index >= 15 is 0 Å². The third kappa shape index (κ3) is 1.74. The van der Waals surface area contributed by atoms with Gasteiger partial charge in [0.25, 0.3) is 0 Å². The lowest BCUT2D eigenvalue weighted by Gasteiger charge is -2.07. The number of halogens is 2. The molecule has 0 saturated carbocycles. The number of rotatable bonds is 1.